The normalized spacial score (nSPS) is 14.2. The SMILES string of the molecule is O=C1Cc2cc(S(=O)(=O)NCc3nn4cnnc4s3)ccc2N1. The lowest BCUT2D eigenvalue weighted by molar-refractivity contribution is -0.115. The maximum atomic E-state index is 12.4. The van der Waals surface area contributed by atoms with Crippen LogP contribution in [0, 0.1) is 0 Å². The molecule has 0 fully saturated rings. The molecule has 23 heavy (non-hydrogen) atoms. The van der Waals surface area contributed by atoms with E-state index < -0.39 is 10.0 Å². The molecule has 0 saturated carbocycles. The molecule has 3 aromatic rings. The quantitative estimate of drug-likeness (QED) is 0.692. The van der Waals surface area contributed by atoms with Gasteiger partial charge in [0.05, 0.1) is 17.9 Å². The summed E-state index contributed by atoms with van der Waals surface area (Å²) in [6, 6.07) is 4.57. The highest BCUT2D eigenvalue weighted by Gasteiger charge is 2.22. The summed E-state index contributed by atoms with van der Waals surface area (Å²) in [6.07, 6.45) is 1.64. The van der Waals surface area contributed by atoms with Crippen LogP contribution in [-0.4, -0.2) is 34.1 Å². The van der Waals surface area contributed by atoms with Gasteiger partial charge in [-0.1, -0.05) is 11.3 Å². The van der Waals surface area contributed by atoms with Crippen molar-refractivity contribution in [1.29, 1.82) is 0 Å². The lowest BCUT2D eigenvalue weighted by Gasteiger charge is -2.06. The number of benzene rings is 1. The van der Waals surface area contributed by atoms with Crippen LogP contribution in [0.15, 0.2) is 29.4 Å². The molecule has 1 aliphatic rings. The van der Waals surface area contributed by atoms with Crippen molar-refractivity contribution in [3.8, 4) is 0 Å². The highest BCUT2D eigenvalue weighted by Crippen LogP contribution is 2.25. The summed E-state index contributed by atoms with van der Waals surface area (Å²) in [7, 11) is -3.69. The molecule has 2 N–H and O–H groups in total. The zero-order chi connectivity index (χ0) is 16.0. The summed E-state index contributed by atoms with van der Waals surface area (Å²) in [5.41, 5.74) is 1.33. The van der Waals surface area contributed by atoms with Crippen LogP contribution in [-0.2, 0) is 27.8 Å². The summed E-state index contributed by atoms with van der Waals surface area (Å²) in [5.74, 6) is -0.137. The molecule has 4 rings (SSSR count). The number of sulfonamides is 1. The molecule has 9 nitrogen and oxygen atoms in total. The average Bonchev–Trinajstić information content (AvgIpc) is 3.16. The van der Waals surface area contributed by atoms with E-state index in [4.69, 9.17) is 0 Å². The van der Waals surface area contributed by atoms with Crippen molar-refractivity contribution < 1.29 is 13.2 Å². The van der Waals surface area contributed by atoms with E-state index in [2.05, 4.69) is 25.3 Å². The van der Waals surface area contributed by atoms with Crippen LogP contribution in [0.4, 0.5) is 5.69 Å². The van der Waals surface area contributed by atoms with Gasteiger partial charge < -0.3 is 5.32 Å². The van der Waals surface area contributed by atoms with Crippen molar-refractivity contribution in [3.63, 3.8) is 0 Å². The molecule has 118 valence electrons. The fourth-order valence-corrected chi connectivity index (χ4v) is 4.17. The molecule has 0 unspecified atom stereocenters. The third-order valence-corrected chi connectivity index (χ3v) is 5.67. The lowest BCUT2D eigenvalue weighted by atomic mass is 10.2. The first-order valence-electron chi connectivity index (χ1n) is 6.59. The molecular formula is C12H10N6O3S2. The second kappa shape index (κ2) is 5.08. The van der Waals surface area contributed by atoms with Crippen molar-refractivity contribution in [2.45, 2.75) is 17.9 Å². The van der Waals surface area contributed by atoms with Gasteiger partial charge >= 0.3 is 0 Å². The number of anilines is 1. The van der Waals surface area contributed by atoms with Gasteiger partial charge in [-0.15, -0.1) is 10.2 Å². The first-order chi connectivity index (χ1) is 11.0. The number of carbonyl (C=O) groups excluding carboxylic acids is 1. The van der Waals surface area contributed by atoms with Crippen LogP contribution in [0.1, 0.15) is 10.6 Å². The van der Waals surface area contributed by atoms with Crippen LogP contribution < -0.4 is 10.0 Å². The molecule has 1 aromatic carbocycles. The molecule has 2 aromatic heterocycles. The van der Waals surface area contributed by atoms with Gasteiger partial charge in [-0.25, -0.2) is 13.1 Å². The van der Waals surface area contributed by atoms with Crippen LogP contribution in [0.25, 0.3) is 4.96 Å². The van der Waals surface area contributed by atoms with Crippen LogP contribution in [0.3, 0.4) is 0 Å². The Kier molecular flexibility index (Phi) is 3.14. The summed E-state index contributed by atoms with van der Waals surface area (Å²) >= 11 is 1.26. The van der Waals surface area contributed by atoms with Gasteiger partial charge in [0.2, 0.25) is 20.9 Å². The summed E-state index contributed by atoms with van der Waals surface area (Å²) in [6.45, 7) is 0.0601. The molecule has 3 heterocycles. The van der Waals surface area contributed by atoms with Crippen molar-refractivity contribution in [2.75, 3.05) is 5.32 Å². The van der Waals surface area contributed by atoms with E-state index in [1.54, 1.807) is 6.07 Å². The maximum Gasteiger partial charge on any atom is 0.240 e. The van der Waals surface area contributed by atoms with Crippen molar-refractivity contribution in [1.82, 2.24) is 24.5 Å². The molecule has 0 aliphatic carbocycles. The van der Waals surface area contributed by atoms with E-state index in [0.717, 1.165) is 0 Å². The third-order valence-electron chi connectivity index (χ3n) is 3.35. The Morgan fingerprint density at radius 2 is 2.26 bits per heavy atom. The number of carbonyl (C=O) groups is 1. The van der Waals surface area contributed by atoms with E-state index >= 15 is 0 Å². The Morgan fingerprint density at radius 1 is 1.39 bits per heavy atom. The highest BCUT2D eigenvalue weighted by atomic mass is 32.2. The molecule has 1 amide bonds. The molecule has 0 spiro atoms. The fraction of sp³-hybridized carbons (Fsp3) is 0.167. The third kappa shape index (κ3) is 2.58. The topological polar surface area (TPSA) is 118 Å². The van der Waals surface area contributed by atoms with Crippen LogP contribution >= 0.6 is 11.3 Å². The number of nitrogens with one attached hydrogen (secondary N) is 2. The minimum absolute atomic E-state index is 0.0601. The Hall–Kier alpha value is -2.37. The summed E-state index contributed by atoms with van der Waals surface area (Å²) < 4.78 is 28.7. The number of aromatic nitrogens is 4. The van der Waals surface area contributed by atoms with E-state index in [9.17, 15) is 13.2 Å². The summed E-state index contributed by atoms with van der Waals surface area (Å²) in [5, 5.41) is 14.9. The highest BCUT2D eigenvalue weighted by molar-refractivity contribution is 7.89. The second-order valence-corrected chi connectivity index (χ2v) is 7.73. The number of nitrogens with zero attached hydrogens (tertiary/aromatic N) is 4. The van der Waals surface area contributed by atoms with E-state index in [-0.39, 0.29) is 23.8 Å². The molecule has 0 bridgehead atoms. The molecule has 11 heteroatoms. The Labute approximate surface area is 134 Å². The van der Waals surface area contributed by atoms with Gasteiger partial charge in [0.15, 0.2) is 0 Å². The average molecular weight is 350 g/mol. The number of rotatable bonds is 4. The fourth-order valence-electron chi connectivity index (χ4n) is 2.29. The molecule has 0 saturated heterocycles. The smallest absolute Gasteiger partial charge is 0.240 e. The van der Waals surface area contributed by atoms with Gasteiger partial charge in [-0.2, -0.15) is 9.61 Å². The number of amides is 1. The standard InChI is InChI=1S/C12H10N6O3S2/c19-10-4-7-3-8(1-2-9(7)15-10)23(20,21)14-5-11-17-18-6-13-16-12(18)22-11/h1-3,6,14H,4-5H2,(H,15,19). The number of fused-ring (bicyclic) bond motifs is 2. The zero-order valence-corrected chi connectivity index (χ0v) is 13.2. The van der Waals surface area contributed by atoms with Gasteiger partial charge in [-0.05, 0) is 23.8 Å². The van der Waals surface area contributed by atoms with Gasteiger partial charge in [0, 0.05) is 5.69 Å². The Balaban J connectivity index is 1.55. The molecule has 0 radical (unpaired) electrons. The van der Waals surface area contributed by atoms with Crippen molar-refractivity contribution >= 4 is 37.9 Å². The largest absolute Gasteiger partial charge is 0.326 e. The number of hydrogen-bond acceptors (Lipinski definition) is 7. The Morgan fingerprint density at radius 3 is 3.09 bits per heavy atom. The van der Waals surface area contributed by atoms with Crippen LogP contribution in [0.5, 0.6) is 0 Å². The monoisotopic (exact) mass is 350 g/mol. The van der Waals surface area contributed by atoms with Crippen molar-refractivity contribution in [3.05, 3.63) is 35.1 Å². The van der Waals surface area contributed by atoms with Gasteiger partial charge in [-0.3, -0.25) is 4.79 Å². The zero-order valence-electron chi connectivity index (χ0n) is 11.6. The Bertz CT molecular complexity index is 994. The van der Waals surface area contributed by atoms with E-state index in [0.29, 0.717) is 21.2 Å². The molecule has 0 atom stereocenters. The maximum absolute atomic E-state index is 12.4. The van der Waals surface area contributed by atoms with E-state index in [1.165, 1.54) is 34.3 Å². The molecular weight excluding hydrogens is 340 g/mol. The number of hydrogen-bond donors (Lipinski definition) is 2. The van der Waals surface area contributed by atoms with E-state index in [1.807, 2.05) is 0 Å². The van der Waals surface area contributed by atoms with Gasteiger partial charge in [0.1, 0.15) is 11.3 Å². The summed E-state index contributed by atoms with van der Waals surface area (Å²) in [4.78, 5) is 12.1. The predicted molar refractivity (Wildman–Crippen MR) is 81.5 cm³/mol. The van der Waals surface area contributed by atoms with Crippen LogP contribution in [0.2, 0.25) is 0 Å². The predicted octanol–water partition coefficient (Wildman–Crippen LogP) is 0.159. The second-order valence-electron chi connectivity index (χ2n) is 4.92. The lowest BCUT2D eigenvalue weighted by Crippen LogP contribution is -2.23. The minimum Gasteiger partial charge on any atom is -0.326 e. The minimum atomic E-state index is -3.69. The molecule has 1 aliphatic heterocycles. The first kappa shape index (κ1) is 14.2. The first-order valence-corrected chi connectivity index (χ1v) is 8.89. The van der Waals surface area contributed by atoms with Crippen molar-refractivity contribution in [2.24, 2.45) is 0 Å². The van der Waals surface area contributed by atoms with Gasteiger partial charge in [0.25, 0.3) is 0 Å².